The van der Waals surface area contributed by atoms with Gasteiger partial charge in [0.2, 0.25) is 0 Å². The Morgan fingerprint density at radius 3 is 2.21 bits per heavy atom. The maximum atomic E-state index is 10.9. The second kappa shape index (κ2) is 7.59. The molecular weight excluding hydrogens is 211 g/mol. The Morgan fingerprint density at radius 1 is 1.36 bits per heavy atom. The van der Waals surface area contributed by atoms with Crippen molar-refractivity contribution in [2.24, 2.45) is 0 Å². The molecule has 0 aromatic carbocycles. The summed E-state index contributed by atoms with van der Waals surface area (Å²) in [5, 5.41) is 9.93. The summed E-state index contributed by atoms with van der Waals surface area (Å²) in [6, 6.07) is 0. The van der Waals surface area contributed by atoms with Gasteiger partial charge in [-0.1, -0.05) is 6.92 Å². The summed E-state index contributed by atoms with van der Waals surface area (Å²) < 4.78 is 4.92. The maximum Gasteiger partial charge on any atom is 1.00 e. The molecule has 0 rings (SSSR count). The molecule has 0 N–H and O–H groups in total. The van der Waals surface area contributed by atoms with Gasteiger partial charge in [0.25, 0.3) is 0 Å². The van der Waals surface area contributed by atoms with Crippen LogP contribution in [0.15, 0.2) is 12.2 Å². The van der Waals surface area contributed by atoms with E-state index in [2.05, 4.69) is 0 Å². The summed E-state index contributed by atoms with van der Waals surface area (Å²) in [7, 11) is 0. The van der Waals surface area contributed by atoms with Crippen molar-refractivity contribution in [2.75, 3.05) is 0 Å². The van der Waals surface area contributed by atoms with Gasteiger partial charge in [0.15, 0.2) is 0 Å². The van der Waals surface area contributed by atoms with E-state index in [1.165, 1.54) is 0 Å². The van der Waals surface area contributed by atoms with E-state index in [0.29, 0.717) is 12.5 Å². The third kappa shape index (κ3) is 8.89. The van der Waals surface area contributed by atoms with Crippen LogP contribution in [-0.2, 0) is 14.3 Å². The van der Waals surface area contributed by atoms with E-state index < -0.39 is 17.5 Å². The molecule has 0 atom stereocenters. The molecule has 0 heterocycles. The summed E-state index contributed by atoms with van der Waals surface area (Å²) >= 11 is 0. The number of carbonyl (C=O) groups excluding carboxylic acids is 2. The molecule has 0 aromatic heterocycles. The maximum absolute atomic E-state index is 10.9. The Bertz CT molecular complexity index is 233. The minimum Gasteiger partial charge on any atom is -0.545 e. The molecule has 0 bridgehead atoms. The predicted octanol–water partition coefficient (Wildman–Crippen LogP) is -2.97. The van der Waals surface area contributed by atoms with E-state index >= 15 is 0 Å². The Kier molecular flexibility index (Phi) is 9.07. The van der Waals surface area contributed by atoms with Crippen LogP contribution in [-0.4, -0.2) is 17.5 Å². The molecule has 74 valence electrons. The SMILES string of the molecule is CCC(C)(C)OC(=O)C=CC(=O)[O-].[K+]. The van der Waals surface area contributed by atoms with Gasteiger partial charge >= 0.3 is 57.4 Å². The smallest absolute Gasteiger partial charge is 0.545 e. The molecule has 4 nitrogen and oxygen atoms in total. The van der Waals surface area contributed by atoms with E-state index in [9.17, 15) is 14.7 Å². The second-order valence-corrected chi connectivity index (χ2v) is 3.19. The van der Waals surface area contributed by atoms with E-state index in [1.54, 1.807) is 13.8 Å². The van der Waals surface area contributed by atoms with Crippen molar-refractivity contribution in [3.8, 4) is 0 Å². The zero-order chi connectivity index (χ0) is 10.5. The molecule has 14 heavy (non-hydrogen) atoms. The van der Waals surface area contributed by atoms with Crippen molar-refractivity contribution in [2.45, 2.75) is 32.8 Å². The Balaban J connectivity index is 0. The second-order valence-electron chi connectivity index (χ2n) is 3.19. The van der Waals surface area contributed by atoms with Crippen molar-refractivity contribution in [3.05, 3.63) is 12.2 Å². The summed E-state index contributed by atoms with van der Waals surface area (Å²) in [4.78, 5) is 20.9. The first-order valence-electron chi connectivity index (χ1n) is 3.99. The first-order chi connectivity index (χ1) is 5.87. The monoisotopic (exact) mass is 224 g/mol. The van der Waals surface area contributed by atoms with E-state index in [-0.39, 0.29) is 51.4 Å². The quantitative estimate of drug-likeness (QED) is 0.290. The van der Waals surface area contributed by atoms with Crippen LogP contribution >= 0.6 is 0 Å². The van der Waals surface area contributed by atoms with Crippen molar-refractivity contribution in [3.63, 3.8) is 0 Å². The summed E-state index contributed by atoms with van der Waals surface area (Å²) in [5.74, 6) is -2.08. The Hall–Kier alpha value is 0.316. The number of carboxylic acid groups (broad SMARTS) is 1. The molecular formula is C9H13KO4. The van der Waals surface area contributed by atoms with Gasteiger partial charge in [-0.25, -0.2) is 4.79 Å². The van der Waals surface area contributed by atoms with Gasteiger partial charge in [-0.15, -0.1) is 0 Å². The number of rotatable bonds is 4. The normalized spacial score (nSPS) is 10.8. The van der Waals surface area contributed by atoms with Crippen LogP contribution < -0.4 is 56.5 Å². The zero-order valence-corrected chi connectivity index (χ0v) is 12.1. The summed E-state index contributed by atoms with van der Waals surface area (Å²) in [5.41, 5.74) is -0.562. The molecule has 0 radical (unpaired) electrons. The van der Waals surface area contributed by atoms with Crippen LogP contribution in [0.5, 0.6) is 0 Å². The number of esters is 1. The Morgan fingerprint density at radius 2 is 1.86 bits per heavy atom. The van der Waals surface area contributed by atoms with Gasteiger partial charge in [-0.05, 0) is 26.3 Å². The number of carboxylic acids is 1. The molecule has 0 saturated heterocycles. The van der Waals surface area contributed by atoms with Crippen LogP contribution in [0.1, 0.15) is 27.2 Å². The first-order valence-corrected chi connectivity index (χ1v) is 3.99. The topological polar surface area (TPSA) is 66.4 Å². The Labute approximate surface area is 126 Å². The minimum absolute atomic E-state index is 0. The van der Waals surface area contributed by atoms with Crippen LogP contribution in [0.25, 0.3) is 0 Å². The van der Waals surface area contributed by atoms with Gasteiger partial charge in [0.1, 0.15) is 5.60 Å². The molecule has 0 unspecified atom stereocenters. The minimum atomic E-state index is -1.41. The molecule has 0 aromatic rings. The van der Waals surface area contributed by atoms with E-state index in [0.717, 1.165) is 6.08 Å². The van der Waals surface area contributed by atoms with Crippen molar-refractivity contribution < 1.29 is 70.8 Å². The number of ether oxygens (including phenoxy) is 1. The van der Waals surface area contributed by atoms with E-state index in [4.69, 9.17) is 4.74 Å². The van der Waals surface area contributed by atoms with Crippen molar-refractivity contribution >= 4 is 11.9 Å². The first kappa shape index (κ1) is 16.7. The molecule has 5 heteroatoms. The molecule has 0 spiro atoms. The number of aliphatic carboxylic acids is 1. The average Bonchev–Trinajstić information content (AvgIpc) is 2.00. The van der Waals surface area contributed by atoms with Crippen LogP contribution in [0.4, 0.5) is 0 Å². The zero-order valence-electron chi connectivity index (χ0n) is 8.99. The number of carbonyl (C=O) groups is 2. The van der Waals surface area contributed by atoms with Gasteiger partial charge in [0, 0.05) is 6.08 Å². The van der Waals surface area contributed by atoms with Gasteiger partial charge in [-0.3, -0.25) is 0 Å². The molecule has 0 saturated carbocycles. The summed E-state index contributed by atoms with van der Waals surface area (Å²) in [6.45, 7) is 5.37. The largest absolute Gasteiger partial charge is 1.00 e. The molecule has 0 aliphatic heterocycles. The average molecular weight is 224 g/mol. The van der Waals surface area contributed by atoms with Gasteiger partial charge in [0.05, 0.1) is 5.97 Å². The van der Waals surface area contributed by atoms with Crippen molar-refractivity contribution in [1.82, 2.24) is 0 Å². The molecule has 0 fully saturated rings. The third-order valence-electron chi connectivity index (χ3n) is 1.58. The van der Waals surface area contributed by atoms with Crippen LogP contribution in [0.2, 0.25) is 0 Å². The van der Waals surface area contributed by atoms with Crippen molar-refractivity contribution in [1.29, 1.82) is 0 Å². The summed E-state index contributed by atoms with van der Waals surface area (Å²) in [6.07, 6.45) is 2.15. The number of hydrogen-bond donors (Lipinski definition) is 0. The number of hydrogen-bond acceptors (Lipinski definition) is 4. The fourth-order valence-corrected chi connectivity index (χ4v) is 0.515. The molecule has 0 aliphatic carbocycles. The molecule has 0 amide bonds. The predicted molar refractivity (Wildman–Crippen MR) is 44.6 cm³/mol. The van der Waals surface area contributed by atoms with Gasteiger partial charge in [-0.2, -0.15) is 0 Å². The van der Waals surface area contributed by atoms with Crippen LogP contribution in [0, 0.1) is 0 Å². The fourth-order valence-electron chi connectivity index (χ4n) is 0.515. The fraction of sp³-hybridized carbons (Fsp3) is 0.556. The van der Waals surface area contributed by atoms with Gasteiger partial charge < -0.3 is 14.6 Å². The van der Waals surface area contributed by atoms with Crippen LogP contribution in [0.3, 0.4) is 0 Å². The third-order valence-corrected chi connectivity index (χ3v) is 1.58. The molecule has 0 aliphatic rings. The standard InChI is InChI=1S/C9H14O4.K/c1-4-9(2,3)13-8(12)6-5-7(10)11;/h5-6H,4H2,1-3H3,(H,10,11);/q;+1/p-1. The van der Waals surface area contributed by atoms with E-state index in [1.807, 2.05) is 6.92 Å².